The van der Waals surface area contributed by atoms with Crippen LogP contribution in [0, 0.1) is 0 Å². The molecule has 0 amide bonds. The van der Waals surface area contributed by atoms with E-state index in [1.807, 2.05) is 0 Å². The van der Waals surface area contributed by atoms with Gasteiger partial charge in [0, 0.05) is 18.6 Å². The van der Waals surface area contributed by atoms with E-state index < -0.39 is 0 Å². The lowest BCUT2D eigenvalue weighted by molar-refractivity contribution is 1.13. The Morgan fingerprint density at radius 3 is 2.62 bits per heavy atom. The molecule has 0 atom stereocenters. The fraction of sp³-hybridized carbons (Fsp3) is 0. The van der Waals surface area contributed by atoms with Gasteiger partial charge < -0.3 is 0 Å². The van der Waals surface area contributed by atoms with Gasteiger partial charge in [-0.05, 0) is 17.7 Å². The van der Waals surface area contributed by atoms with Gasteiger partial charge in [-0.3, -0.25) is 9.97 Å². The molecule has 2 aromatic heterocycles. The molecule has 0 fully saturated rings. The maximum atomic E-state index is 5.62. The fourth-order valence-electron chi connectivity index (χ4n) is 0.909. The molecule has 64 valence electrons. The van der Waals surface area contributed by atoms with Crippen molar-refractivity contribution in [3.63, 3.8) is 0 Å². The zero-order valence-electron chi connectivity index (χ0n) is 6.55. The molecule has 0 saturated heterocycles. The average Bonchev–Trinajstić information content (AvgIpc) is 2.19. The van der Waals surface area contributed by atoms with Crippen LogP contribution in [0.25, 0.3) is 11.4 Å². The van der Waals surface area contributed by atoms with Crippen LogP contribution in [0.1, 0.15) is 0 Å². The van der Waals surface area contributed by atoms with Crippen LogP contribution in [0.15, 0.2) is 30.9 Å². The van der Waals surface area contributed by atoms with Crippen LogP contribution in [0.3, 0.4) is 0 Å². The first-order chi connectivity index (χ1) is 6.36. The molecule has 0 aliphatic carbocycles. The Labute approximate surface area is 79.7 Å². The minimum atomic E-state index is 0.211. The van der Waals surface area contributed by atoms with E-state index in [1.54, 1.807) is 30.9 Å². The summed E-state index contributed by atoms with van der Waals surface area (Å²) in [6.07, 6.45) is 6.41. The molecule has 0 radical (unpaired) electrons. The molecule has 4 nitrogen and oxygen atoms in total. The molecule has 0 aromatic carbocycles. The first-order valence-corrected chi connectivity index (χ1v) is 3.99. The van der Waals surface area contributed by atoms with Crippen LogP contribution >= 0.6 is 11.6 Å². The number of hydrogen-bond acceptors (Lipinski definition) is 4. The molecule has 2 rings (SSSR count). The first kappa shape index (κ1) is 8.07. The van der Waals surface area contributed by atoms with E-state index in [-0.39, 0.29) is 5.28 Å². The Morgan fingerprint density at radius 2 is 1.92 bits per heavy atom. The second kappa shape index (κ2) is 3.45. The quantitative estimate of drug-likeness (QED) is 0.644. The largest absolute Gasteiger partial charge is 0.261 e. The number of hydrogen-bond donors (Lipinski definition) is 0. The van der Waals surface area contributed by atoms with Crippen molar-refractivity contribution >= 4 is 11.6 Å². The number of nitrogens with zero attached hydrogens (tertiary/aromatic N) is 4. The van der Waals surface area contributed by atoms with Crippen LogP contribution in [-0.2, 0) is 0 Å². The molecular formula is C8H5ClN4. The Kier molecular flexibility index (Phi) is 2.14. The van der Waals surface area contributed by atoms with Gasteiger partial charge >= 0.3 is 0 Å². The highest BCUT2D eigenvalue weighted by Gasteiger charge is 2.00. The minimum Gasteiger partial charge on any atom is -0.261 e. The second-order valence-electron chi connectivity index (χ2n) is 2.30. The predicted octanol–water partition coefficient (Wildman–Crippen LogP) is 1.59. The molecule has 5 heteroatoms. The summed E-state index contributed by atoms with van der Waals surface area (Å²) in [6, 6.07) is 1.73. The first-order valence-electron chi connectivity index (χ1n) is 3.61. The Balaban J connectivity index is 2.48. The van der Waals surface area contributed by atoms with Gasteiger partial charge in [0.25, 0.3) is 0 Å². The molecule has 13 heavy (non-hydrogen) atoms. The molecule has 0 spiro atoms. The molecule has 0 N–H and O–H groups in total. The smallest absolute Gasteiger partial charge is 0.222 e. The monoisotopic (exact) mass is 192 g/mol. The van der Waals surface area contributed by atoms with Crippen LogP contribution < -0.4 is 0 Å². The standard InChI is InChI=1S/C8H5ClN4/c9-8-12-2-1-6(13-8)7-5-10-3-4-11-7/h1-5H. The maximum absolute atomic E-state index is 5.62. The van der Waals surface area contributed by atoms with Crippen molar-refractivity contribution in [3.8, 4) is 11.4 Å². The highest BCUT2D eigenvalue weighted by Crippen LogP contribution is 2.12. The predicted molar refractivity (Wildman–Crippen MR) is 48.1 cm³/mol. The van der Waals surface area contributed by atoms with Gasteiger partial charge in [-0.15, -0.1) is 0 Å². The van der Waals surface area contributed by atoms with Crippen molar-refractivity contribution in [2.45, 2.75) is 0 Å². The van der Waals surface area contributed by atoms with E-state index in [1.165, 1.54) is 0 Å². The zero-order chi connectivity index (χ0) is 9.10. The van der Waals surface area contributed by atoms with E-state index in [0.717, 1.165) is 0 Å². The summed E-state index contributed by atoms with van der Waals surface area (Å²) < 4.78 is 0. The van der Waals surface area contributed by atoms with E-state index in [2.05, 4.69) is 19.9 Å². The number of halogens is 1. The van der Waals surface area contributed by atoms with Gasteiger partial charge in [-0.25, -0.2) is 9.97 Å². The summed E-state index contributed by atoms with van der Waals surface area (Å²) in [5.74, 6) is 0. The van der Waals surface area contributed by atoms with Crippen molar-refractivity contribution in [2.75, 3.05) is 0 Å². The third kappa shape index (κ3) is 1.78. The normalized spacial score (nSPS) is 9.92. The molecule has 0 bridgehead atoms. The van der Waals surface area contributed by atoms with Crippen LogP contribution in [0.4, 0.5) is 0 Å². The average molecular weight is 193 g/mol. The van der Waals surface area contributed by atoms with Crippen molar-refractivity contribution < 1.29 is 0 Å². The van der Waals surface area contributed by atoms with Crippen molar-refractivity contribution in [3.05, 3.63) is 36.1 Å². The van der Waals surface area contributed by atoms with E-state index in [0.29, 0.717) is 11.4 Å². The molecule has 0 unspecified atom stereocenters. The Hall–Kier alpha value is -1.55. The van der Waals surface area contributed by atoms with Gasteiger partial charge in [-0.2, -0.15) is 0 Å². The molecule has 0 aliphatic rings. The lowest BCUT2D eigenvalue weighted by atomic mass is 10.3. The summed E-state index contributed by atoms with van der Waals surface area (Å²) in [6.45, 7) is 0. The van der Waals surface area contributed by atoms with Gasteiger partial charge in [0.1, 0.15) is 5.69 Å². The number of aromatic nitrogens is 4. The highest BCUT2D eigenvalue weighted by atomic mass is 35.5. The highest BCUT2D eigenvalue weighted by molar-refractivity contribution is 6.28. The van der Waals surface area contributed by atoms with Gasteiger partial charge in [0.2, 0.25) is 5.28 Å². The van der Waals surface area contributed by atoms with E-state index in [4.69, 9.17) is 11.6 Å². The maximum Gasteiger partial charge on any atom is 0.222 e. The third-order valence-corrected chi connectivity index (χ3v) is 1.63. The summed E-state index contributed by atoms with van der Waals surface area (Å²) in [7, 11) is 0. The van der Waals surface area contributed by atoms with Gasteiger partial charge in [-0.1, -0.05) is 0 Å². The zero-order valence-corrected chi connectivity index (χ0v) is 7.31. The lowest BCUT2D eigenvalue weighted by Gasteiger charge is -1.97. The van der Waals surface area contributed by atoms with Gasteiger partial charge in [0.05, 0.1) is 11.9 Å². The van der Waals surface area contributed by atoms with Crippen molar-refractivity contribution in [1.82, 2.24) is 19.9 Å². The lowest BCUT2D eigenvalue weighted by Crippen LogP contribution is -1.89. The molecule has 2 heterocycles. The van der Waals surface area contributed by atoms with E-state index >= 15 is 0 Å². The molecule has 0 saturated carbocycles. The van der Waals surface area contributed by atoms with E-state index in [9.17, 15) is 0 Å². The summed E-state index contributed by atoms with van der Waals surface area (Å²) in [5, 5.41) is 0.211. The van der Waals surface area contributed by atoms with Crippen molar-refractivity contribution in [1.29, 1.82) is 0 Å². The summed E-state index contributed by atoms with van der Waals surface area (Å²) in [4.78, 5) is 15.8. The molecule has 0 aliphatic heterocycles. The minimum absolute atomic E-state index is 0.211. The van der Waals surface area contributed by atoms with Crippen LogP contribution in [0.2, 0.25) is 5.28 Å². The topological polar surface area (TPSA) is 51.6 Å². The Bertz CT molecular complexity index is 404. The van der Waals surface area contributed by atoms with Crippen LogP contribution in [-0.4, -0.2) is 19.9 Å². The Morgan fingerprint density at radius 1 is 1.00 bits per heavy atom. The van der Waals surface area contributed by atoms with Gasteiger partial charge in [0.15, 0.2) is 0 Å². The SMILES string of the molecule is Clc1nccc(-c2cnccn2)n1. The van der Waals surface area contributed by atoms with Crippen molar-refractivity contribution in [2.24, 2.45) is 0 Å². The third-order valence-electron chi connectivity index (χ3n) is 1.45. The molecular weight excluding hydrogens is 188 g/mol. The number of rotatable bonds is 1. The second-order valence-corrected chi connectivity index (χ2v) is 2.64. The fourth-order valence-corrected chi connectivity index (χ4v) is 1.06. The molecule has 2 aromatic rings. The van der Waals surface area contributed by atoms with Crippen LogP contribution in [0.5, 0.6) is 0 Å². The summed E-state index contributed by atoms with van der Waals surface area (Å²) in [5.41, 5.74) is 1.36. The summed E-state index contributed by atoms with van der Waals surface area (Å²) >= 11 is 5.62.